The van der Waals surface area contributed by atoms with Gasteiger partial charge in [0.15, 0.2) is 5.58 Å². The monoisotopic (exact) mass is 427 g/mol. The lowest BCUT2D eigenvalue weighted by Gasteiger charge is -2.39. The summed E-state index contributed by atoms with van der Waals surface area (Å²) in [5.74, 6) is 0.752. The normalized spacial score (nSPS) is 20.0. The van der Waals surface area contributed by atoms with Crippen LogP contribution in [0.2, 0.25) is 0 Å². The van der Waals surface area contributed by atoms with Crippen molar-refractivity contribution in [2.45, 2.75) is 77.9 Å². The quantitative estimate of drug-likeness (QED) is 0.559. The third kappa shape index (κ3) is 4.54. The van der Waals surface area contributed by atoms with Crippen LogP contribution in [-0.4, -0.2) is 50.2 Å². The van der Waals surface area contributed by atoms with E-state index >= 15 is 0 Å². The van der Waals surface area contributed by atoms with Gasteiger partial charge in [-0.25, -0.2) is 4.68 Å². The number of nitrogens with zero attached hydrogens (tertiary/aromatic N) is 4. The highest BCUT2D eigenvalue weighted by molar-refractivity contribution is 5.82. The number of furan rings is 1. The van der Waals surface area contributed by atoms with Gasteiger partial charge in [0.2, 0.25) is 5.91 Å². The van der Waals surface area contributed by atoms with Crippen LogP contribution in [0, 0.1) is 6.92 Å². The average molecular weight is 428 g/mol. The summed E-state index contributed by atoms with van der Waals surface area (Å²) < 4.78 is 8.68. The molecule has 1 fully saturated rings. The Kier molecular flexibility index (Phi) is 6.46. The second-order valence-electron chi connectivity index (χ2n) is 8.78. The third-order valence-corrected chi connectivity index (χ3v) is 6.53. The van der Waals surface area contributed by atoms with Crippen molar-refractivity contribution in [1.82, 2.24) is 24.4 Å². The lowest BCUT2D eigenvalue weighted by atomic mass is 9.97. The second-order valence-corrected chi connectivity index (χ2v) is 8.78. The number of hydrogen-bond donors (Lipinski definition) is 1. The molecule has 8 nitrogen and oxygen atoms in total. The fourth-order valence-corrected chi connectivity index (χ4v) is 4.86. The van der Waals surface area contributed by atoms with Gasteiger partial charge in [0.05, 0.1) is 11.8 Å². The molecule has 4 heterocycles. The highest BCUT2D eigenvalue weighted by atomic mass is 16.3. The first-order valence-corrected chi connectivity index (χ1v) is 11.4. The van der Waals surface area contributed by atoms with E-state index in [0.29, 0.717) is 49.1 Å². The molecule has 31 heavy (non-hydrogen) atoms. The van der Waals surface area contributed by atoms with Crippen LogP contribution in [0.1, 0.15) is 58.2 Å². The molecule has 8 heteroatoms. The van der Waals surface area contributed by atoms with Gasteiger partial charge < -0.3 is 9.73 Å². The summed E-state index contributed by atoms with van der Waals surface area (Å²) >= 11 is 0. The molecule has 0 bridgehead atoms. The van der Waals surface area contributed by atoms with Crippen LogP contribution in [0.25, 0.3) is 16.6 Å². The number of fused-ring (bicyclic) bond motifs is 3. The van der Waals surface area contributed by atoms with Crippen LogP contribution >= 0.6 is 0 Å². The summed E-state index contributed by atoms with van der Waals surface area (Å²) in [6.45, 7) is 8.61. The molecule has 2 atom stereocenters. The molecular formula is C23H33N5O3. The molecular weight excluding hydrogens is 394 g/mol. The Hall–Kier alpha value is -2.61. The van der Waals surface area contributed by atoms with Gasteiger partial charge in [-0.3, -0.25) is 18.9 Å². The number of carbonyl (C=O) groups excluding carboxylic acids is 1. The molecule has 3 aromatic rings. The molecule has 3 aromatic heterocycles. The maximum Gasteiger partial charge on any atom is 0.291 e. The molecule has 0 spiro atoms. The minimum absolute atomic E-state index is 0.0331. The number of likely N-dealkylation sites (tertiary alicyclic amines) is 1. The largest absolute Gasteiger partial charge is 0.463 e. The SMILES string of the molecule is Cc1nn(CCCC(=O)NCCCN2[C@H](C)CCC[C@@H]2C)c(=O)c2cc3occc3n12. The highest BCUT2D eigenvalue weighted by Crippen LogP contribution is 2.22. The van der Waals surface area contributed by atoms with Crippen LogP contribution in [0.5, 0.6) is 0 Å². The maximum atomic E-state index is 12.8. The summed E-state index contributed by atoms with van der Waals surface area (Å²) in [7, 11) is 0. The Morgan fingerprint density at radius 2 is 1.97 bits per heavy atom. The van der Waals surface area contributed by atoms with Gasteiger partial charge in [-0.15, -0.1) is 0 Å². The van der Waals surface area contributed by atoms with Gasteiger partial charge in [0, 0.05) is 50.3 Å². The Labute approximate surface area is 182 Å². The number of carbonyl (C=O) groups is 1. The van der Waals surface area contributed by atoms with E-state index in [4.69, 9.17) is 4.42 Å². The van der Waals surface area contributed by atoms with Gasteiger partial charge in [-0.05, 0) is 46.5 Å². The van der Waals surface area contributed by atoms with Crippen LogP contribution in [0.15, 0.2) is 27.6 Å². The van der Waals surface area contributed by atoms with E-state index in [1.807, 2.05) is 17.4 Å². The number of aromatic nitrogens is 3. The van der Waals surface area contributed by atoms with Crippen molar-refractivity contribution >= 4 is 22.5 Å². The van der Waals surface area contributed by atoms with Crippen LogP contribution in [0.3, 0.4) is 0 Å². The number of rotatable bonds is 8. The summed E-state index contributed by atoms with van der Waals surface area (Å²) in [5, 5.41) is 7.45. The van der Waals surface area contributed by atoms with E-state index in [-0.39, 0.29) is 11.5 Å². The van der Waals surface area contributed by atoms with Gasteiger partial charge in [-0.1, -0.05) is 6.42 Å². The topological polar surface area (TPSA) is 84.8 Å². The molecule has 1 saturated heterocycles. The number of nitrogens with one attached hydrogen (secondary N) is 1. The van der Waals surface area contributed by atoms with Crippen molar-refractivity contribution in [2.24, 2.45) is 0 Å². The summed E-state index contributed by atoms with van der Waals surface area (Å²) in [4.78, 5) is 27.5. The smallest absolute Gasteiger partial charge is 0.291 e. The zero-order chi connectivity index (χ0) is 22.0. The summed E-state index contributed by atoms with van der Waals surface area (Å²) in [6.07, 6.45) is 7.39. The Balaban J connectivity index is 1.24. The summed E-state index contributed by atoms with van der Waals surface area (Å²) in [6, 6.07) is 4.85. The van der Waals surface area contributed by atoms with Crippen molar-refractivity contribution in [2.75, 3.05) is 13.1 Å². The zero-order valence-electron chi connectivity index (χ0n) is 18.8. The minimum atomic E-state index is -0.165. The van der Waals surface area contributed by atoms with Gasteiger partial charge >= 0.3 is 0 Å². The minimum Gasteiger partial charge on any atom is -0.463 e. The van der Waals surface area contributed by atoms with Gasteiger partial charge in [0.25, 0.3) is 5.56 Å². The molecule has 168 valence electrons. The molecule has 0 radical (unpaired) electrons. The maximum absolute atomic E-state index is 12.8. The van der Waals surface area contributed by atoms with Crippen molar-refractivity contribution in [1.29, 1.82) is 0 Å². The van der Waals surface area contributed by atoms with Crippen LogP contribution in [-0.2, 0) is 11.3 Å². The van der Waals surface area contributed by atoms with Crippen LogP contribution in [0.4, 0.5) is 0 Å². The standard InChI is InChI=1S/C23H33N5O3/c1-16-7-4-8-17(2)26(16)12-6-11-24-22(29)9-5-13-27-23(30)20-15-21-19(10-14-31-21)28(20)18(3)25-27/h10,14-17H,4-9,11-13H2,1-3H3,(H,24,29)/t16-,17+. The van der Waals surface area contributed by atoms with Gasteiger partial charge in [-0.2, -0.15) is 5.10 Å². The molecule has 0 unspecified atom stereocenters. The Morgan fingerprint density at radius 3 is 2.74 bits per heavy atom. The molecule has 1 amide bonds. The van der Waals surface area contributed by atoms with E-state index in [1.165, 1.54) is 23.9 Å². The predicted octanol–water partition coefficient (Wildman–Crippen LogP) is 3.10. The second kappa shape index (κ2) is 9.26. The van der Waals surface area contributed by atoms with E-state index < -0.39 is 0 Å². The van der Waals surface area contributed by atoms with Crippen molar-refractivity contribution in [3.63, 3.8) is 0 Å². The average Bonchev–Trinajstić information content (AvgIpc) is 3.32. The molecule has 1 aliphatic heterocycles. The fourth-order valence-electron chi connectivity index (χ4n) is 4.86. The van der Waals surface area contributed by atoms with E-state index in [2.05, 4.69) is 29.2 Å². The molecule has 1 aliphatic rings. The number of aryl methyl sites for hydroxylation is 2. The van der Waals surface area contributed by atoms with E-state index in [1.54, 1.807) is 12.3 Å². The third-order valence-electron chi connectivity index (χ3n) is 6.53. The van der Waals surface area contributed by atoms with Crippen LogP contribution < -0.4 is 10.9 Å². The van der Waals surface area contributed by atoms with Crippen molar-refractivity contribution < 1.29 is 9.21 Å². The summed E-state index contributed by atoms with van der Waals surface area (Å²) in [5.41, 5.74) is 1.90. The number of amides is 1. The highest BCUT2D eigenvalue weighted by Gasteiger charge is 2.23. The lowest BCUT2D eigenvalue weighted by Crippen LogP contribution is -2.44. The molecule has 0 aromatic carbocycles. The van der Waals surface area contributed by atoms with E-state index in [9.17, 15) is 9.59 Å². The molecule has 0 saturated carbocycles. The first-order chi connectivity index (χ1) is 15.0. The predicted molar refractivity (Wildman–Crippen MR) is 120 cm³/mol. The Bertz CT molecular complexity index is 1100. The first-order valence-electron chi connectivity index (χ1n) is 11.4. The molecule has 0 aliphatic carbocycles. The Morgan fingerprint density at radius 1 is 1.19 bits per heavy atom. The number of hydrogen-bond acceptors (Lipinski definition) is 5. The zero-order valence-corrected chi connectivity index (χ0v) is 18.8. The first kappa shape index (κ1) is 21.6. The molecule has 4 rings (SSSR count). The van der Waals surface area contributed by atoms with Crippen molar-refractivity contribution in [3.05, 3.63) is 34.6 Å². The van der Waals surface area contributed by atoms with Crippen molar-refractivity contribution in [3.8, 4) is 0 Å². The molecule has 1 N–H and O–H groups in total. The van der Waals surface area contributed by atoms with E-state index in [0.717, 1.165) is 24.3 Å². The lowest BCUT2D eigenvalue weighted by molar-refractivity contribution is -0.121. The van der Waals surface area contributed by atoms with Gasteiger partial charge in [0.1, 0.15) is 11.3 Å². The fraction of sp³-hybridized carbons (Fsp3) is 0.609. The number of piperidine rings is 1.